The van der Waals surface area contributed by atoms with Gasteiger partial charge >= 0.3 is 6.09 Å². The molecular weight excluding hydrogens is 930 g/mol. The minimum Gasteiger partial charge on any atom is -0.443 e. The van der Waals surface area contributed by atoms with Gasteiger partial charge in [-0.05, 0) is 73.4 Å². The standard InChI is InChI=1S/C27H30ClFN6O3.C22H22ClFN6O/c1-14(2)34-13-19(17-9-16(28)11-30-24(17)34)21-10-23(33(6)26(37)38-27(3,4)5)35-25(32-21)18(12-31-35)22(36)8-15-7-20(15)29;1-11(2)29-10-16(14-6-13(23)8-26-21(14)29)18-7-20(25-3)30-22(28-18)15(9-27-30)19(31)5-12-4-17(12)24/h9-15,20H,7-8H2,1-6H3;6-12,17,25H,4-5H2,1-3H3/t15-,20-;12-,17-/m00/s1. The average Bonchev–Trinajstić information content (AvgIpc) is 3.80. The number of ether oxygens (including phenoxy) is 1. The van der Waals surface area contributed by atoms with Crippen molar-refractivity contribution in [2.75, 3.05) is 24.3 Å². The molecule has 20 heteroatoms. The van der Waals surface area contributed by atoms with E-state index in [1.807, 2.05) is 49.0 Å². The Morgan fingerprint density at radius 1 is 0.739 bits per heavy atom. The number of hydrogen-bond donors (Lipinski definition) is 1. The summed E-state index contributed by atoms with van der Waals surface area (Å²) in [5.74, 6) is 0.201. The fourth-order valence-corrected chi connectivity index (χ4v) is 8.68. The Labute approximate surface area is 406 Å². The highest BCUT2D eigenvalue weighted by Gasteiger charge is 2.40. The van der Waals surface area contributed by atoms with Crippen LogP contribution in [0.4, 0.5) is 25.2 Å². The average molecular weight is 982 g/mol. The van der Waals surface area contributed by atoms with Crippen molar-refractivity contribution in [3.05, 3.63) is 82.6 Å². The van der Waals surface area contributed by atoms with Crippen LogP contribution < -0.4 is 10.2 Å². The van der Waals surface area contributed by atoms with Crippen LogP contribution >= 0.6 is 23.2 Å². The second kappa shape index (κ2) is 18.1. The highest BCUT2D eigenvalue weighted by atomic mass is 35.5. The predicted molar refractivity (Wildman–Crippen MR) is 262 cm³/mol. The van der Waals surface area contributed by atoms with Crippen LogP contribution in [0.1, 0.15) is 107 Å². The van der Waals surface area contributed by atoms with E-state index >= 15 is 0 Å². The van der Waals surface area contributed by atoms with Crippen LogP contribution in [0.15, 0.2) is 61.4 Å². The number of amides is 1. The molecule has 69 heavy (non-hydrogen) atoms. The maximum Gasteiger partial charge on any atom is 0.415 e. The van der Waals surface area contributed by atoms with Gasteiger partial charge in [0.25, 0.3) is 0 Å². The van der Waals surface area contributed by atoms with E-state index in [0.29, 0.717) is 57.1 Å². The van der Waals surface area contributed by atoms with Gasteiger partial charge in [0.1, 0.15) is 40.9 Å². The largest absolute Gasteiger partial charge is 0.443 e. The second-order valence-corrected chi connectivity index (χ2v) is 20.2. The minimum atomic E-state index is -0.947. The Kier molecular flexibility index (Phi) is 12.5. The van der Waals surface area contributed by atoms with E-state index in [1.54, 1.807) is 57.8 Å². The van der Waals surface area contributed by atoms with Gasteiger partial charge in [-0.25, -0.2) is 33.5 Å². The lowest BCUT2D eigenvalue weighted by molar-refractivity contribution is 0.0587. The van der Waals surface area contributed by atoms with E-state index in [1.165, 1.54) is 21.8 Å². The maximum atomic E-state index is 13.6. The third kappa shape index (κ3) is 9.35. The Morgan fingerprint density at radius 2 is 1.19 bits per heavy atom. The molecule has 0 spiro atoms. The number of hydrogen-bond acceptors (Lipinski definition) is 11. The molecule has 2 aliphatic rings. The van der Waals surface area contributed by atoms with Gasteiger partial charge < -0.3 is 19.2 Å². The fourth-order valence-electron chi connectivity index (χ4n) is 8.37. The van der Waals surface area contributed by atoms with E-state index in [0.717, 1.165) is 33.2 Å². The van der Waals surface area contributed by atoms with Crippen molar-refractivity contribution in [2.24, 2.45) is 11.8 Å². The van der Waals surface area contributed by atoms with Crippen molar-refractivity contribution in [3.8, 4) is 22.5 Å². The summed E-state index contributed by atoms with van der Waals surface area (Å²) in [7, 11) is 3.36. The molecule has 10 rings (SSSR count). The van der Waals surface area contributed by atoms with Crippen LogP contribution in [-0.4, -0.2) is 98.0 Å². The molecule has 1 N–H and O–H groups in total. The maximum absolute atomic E-state index is 13.6. The molecule has 0 unspecified atom stereocenters. The lowest BCUT2D eigenvalue weighted by atomic mass is 10.1. The van der Waals surface area contributed by atoms with Crippen LogP contribution in [0.2, 0.25) is 10.0 Å². The molecule has 4 atom stereocenters. The van der Waals surface area contributed by atoms with Crippen LogP contribution in [0.25, 0.3) is 55.9 Å². The van der Waals surface area contributed by atoms with Gasteiger partial charge in [0.15, 0.2) is 22.9 Å². The first-order chi connectivity index (χ1) is 32.7. The zero-order valence-corrected chi connectivity index (χ0v) is 41.1. The summed E-state index contributed by atoms with van der Waals surface area (Å²) < 4.78 is 39.6. The normalized spacial score (nSPS) is 17.8. The number of carbonyl (C=O) groups is 3. The van der Waals surface area contributed by atoms with E-state index < -0.39 is 24.0 Å². The van der Waals surface area contributed by atoms with Crippen LogP contribution in [0, 0.1) is 11.8 Å². The van der Waals surface area contributed by atoms with Crippen LogP contribution in [-0.2, 0) is 4.74 Å². The number of pyridine rings is 2. The molecular formula is C49H52Cl2F2N12O4. The number of Topliss-reactive ketones (excluding diaryl/α,β-unsaturated/α-hetero) is 2. The Morgan fingerprint density at radius 3 is 1.62 bits per heavy atom. The first kappa shape index (κ1) is 47.5. The molecule has 2 saturated carbocycles. The molecule has 0 radical (unpaired) electrons. The third-order valence-corrected chi connectivity index (χ3v) is 12.7. The molecule has 8 heterocycles. The molecule has 2 fully saturated rings. The Hall–Kier alpha value is -6.53. The molecule has 0 aromatic carbocycles. The molecule has 0 saturated heterocycles. The molecule has 360 valence electrons. The lowest BCUT2D eigenvalue weighted by Crippen LogP contribution is -2.35. The second-order valence-electron chi connectivity index (χ2n) is 19.3. The third-order valence-electron chi connectivity index (χ3n) is 12.3. The minimum absolute atomic E-state index is 0.0812. The highest BCUT2D eigenvalue weighted by Crippen LogP contribution is 2.41. The molecule has 1 amide bonds. The SMILES string of the molecule is CC(C)n1cc(-c2cc(N(C)C(=O)OC(C)(C)C)n3ncc(C(=O)C[C@@H]4C[C@@H]4F)c3n2)c2cc(Cl)cnc21.CNc1cc(-c2cn(C(C)C)c3ncc(Cl)cc23)nc2c(C(=O)C[C@@H]3C[C@@H]3F)cnn12. The summed E-state index contributed by atoms with van der Waals surface area (Å²) in [5.41, 5.74) is 5.00. The number of carbonyl (C=O) groups excluding carboxylic acids is 3. The number of nitrogens with one attached hydrogen (secondary N) is 1. The zero-order valence-electron chi connectivity index (χ0n) is 39.6. The van der Waals surface area contributed by atoms with Crippen molar-refractivity contribution < 1.29 is 27.9 Å². The van der Waals surface area contributed by atoms with Gasteiger partial charge in [-0.3, -0.25) is 14.5 Å². The number of halogens is 4. The predicted octanol–water partition coefficient (Wildman–Crippen LogP) is 11.2. The van der Waals surface area contributed by atoms with Gasteiger partial charge in [-0.15, -0.1) is 0 Å². The summed E-state index contributed by atoms with van der Waals surface area (Å²) in [4.78, 5) is 59.0. The molecule has 16 nitrogen and oxygen atoms in total. The van der Waals surface area contributed by atoms with Crippen molar-refractivity contribution in [1.82, 2.24) is 48.3 Å². The summed E-state index contributed by atoms with van der Waals surface area (Å²) in [6.45, 7) is 13.6. The van der Waals surface area contributed by atoms with Gasteiger partial charge in [0, 0.05) is 110 Å². The Balaban J connectivity index is 0.000000175. The summed E-state index contributed by atoms with van der Waals surface area (Å²) in [6, 6.07) is 7.59. The van der Waals surface area contributed by atoms with Gasteiger partial charge in [0.2, 0.25) is 0 Å². The number of ketones is 2. The van der Waals surface area contributed by atoms with Crippen LogP contribution in [0.3, 0.4) is 0 Å². The van der Waals surface area contributed by atoms with E-state index in [9.17, 15) is 23.2 Å². The Bertz CT molecular complexity index is 3330. The number of rotatable bonds is 12. The number of anilines is 2. The number of aromatic nitrogens is 10. The molecule has 2 aliphatic carbocycles. The van der Waals surface area contributed by atoms with Gasteiger partial charge in [0.05, 0.1) is 45.0 Å². The topological polar surface area (TPSA) is 172 Å². The van der Waals surface area contributed by atoms with E-state index in [2.05, 4.69) is 43.9 Å². The molecule has 8 aromatic heterocycles. The lowest BCUT2D eigenvalue weighted by Gasteiger charge is -2.25. The van der Waals surface area contributed by atoms with Crippen molar-refractivity contribution in [1.29, 1.82) is 0 Å². The molecule has 8 aromatic rings. The zero-order chi connectivity index (χ0) is 49.4. The smallest absolute Gasteiger partial charge is 0.415 e. The summed E-state index contributed by atoms with van der Waals surface area (Å²) in [6.07, 6.45) is 8.79. The molecule has 0 aliphatic heterocycles. The molecule has 0 bridgehead atoms. The monoisotopic (exact) mass is 980 g/mol. The van der Waals surface area contributed by atoms with E-state index in [-0.39, 0.29) is 59.5 Å². The first-order valence-corrected chi connectivity index (χ1v) is 23.6. The van der Waals surface area contributed by atoms with Gasteiger partial charge in [-0.1, -0.05) is 23.2 Å². The summed E-state index contributed by atoms with van der Waals surface area (Å²) in [5, 5.41) is 14.5. The summed E-state index contributed by atoms with van der Waals surface area (Å²) >= 11 is 12.6. The van der Waals surface area contributed by atoms with E-state index in [4.69, 9.17) is 37.9 Å². The number of nitrogens with zero attached hydrogens (tertiary/aromatic N) is 11. The van der Waals surface area contributed by atoms with Crippen molar-refractivity contribution in [3.63, 3.8) is 0 Å². The number of fused-ring (bicyclic) bond motifs is 4. The highest BCUT2D eigenvalue weighted by molar-refractivity contribution is 6.31. The van der Waals surface area contributed by atoms with Gasteiger partial charge in [-0.2, -0.15) is 19.2 Å². The quantitative estimate of drug-likeness (QED) is 0.115. The fraction of sp³-hybridized carbons (Fsp3) is 0.408. The number of alkyl halides is 2. The van der Waals surface area contributed by atoms with Crippen molar-refractivity contribution in [2.45, 2.75) is 104 Å². The van der Waals surface area contributed by atoms with Crippen molar-refractivity contribution >= 4 is 85.9 Å². The first-order valence-electron chi connectivity index (χ1n) is 22.8. The van der Waals surface area contributed by atoms with Crippen LogP contribution in [0.5, 0.6) is 0 Å².